The van der Waals surface area contributed by atoms with E-state index in [1.54, 1.807) is 14.2 Å². The third-order valence-corrected chi connectivity index (χ3v) is 4.18. The second-order valence-electron chi connectivity index (χ2n) is 5.20. The van der Waals surface area contributed by atoms with Crippen LogP contribution in [-0.4, -0.2) is 62.4 Å². The number of rotatable bonds is 8. The molecule has 0 amide bonds. The van der Waals surface area contributed by atoms with Crippen molar-refractivity contribution in [3.8, 4) is 0 Å². The summed E-state index contributed by atoms with van der Waals surface area (Å²) in [5, 5.41) is 12.5. The number of ether oxygens (including phenoxy) is 1. The summed E-state index contributed by atoms with van der Waals surface area (Å²) in [6.07, 6.45) is 3.67. The number of nitrogens with one attached hydrogen (secondary N) is 1. The van der Waals surface area contributed by atoms with Crippen LogP contribution in [0.25, 0.3) is 0 Å². The lowest BCUT2D eigenvalue weighted by atomic mass is 9.84. The molecule has 0 aromatic heterocycles. The van der Waals surface area contributed by atoms with Gasteiger partial charge in [0.25, 0.3) is 0 Å². The normalized spacial score (nSPS) is 27.9. The molecule has 0 bridgehead atoms. The molecule has 0 heterocycles. The van der Waals surface area contributed by atoms with Gasteiger partial charge in [-0.05, 0) is 45.8 Å². The quantitative estimate of drug-likeness (QED) is 0.674. The Hall–Kier alpha value is -0.650. The van der Waals surface area contributed by atoms with E-state index in [4.69, 9.17) is 4.74 Å². The fourth-order valence-corrected chi connectivity index (χ4v) is 2.92. The van der Waals surface area contributed by atoms with E-state index in [0.717, 1.165) is 45.4 Å². The SMILES string of the molecule is CNC1(C(=O)O)CCCC1CCN(C)CCOC. The lowest BCUT2D eigenvalue weighted by Crippen LogP contribution is -2.53. The maximum atomic E-state index is 11.5. The number of nitrogens with zero attached hydrogens (tertiary/aromatic N) is 1. The van der Waals surface area contributed by atoms with Crippen molar-refractivity contribution >= 4 is 5.97 Å². The van der Waals surface area contributed by atoms with E-state index >= 15 is 0 Å². The molecule has 5 nitrogen and oxygen atoms in total. The minimum Gasteiger partial charge on any atom is -0.480 e. The van der Waals surface area contributed by atoms with Gasteiger partial charge in [-0.2, -0.15) is 0 Å². The number of methoxy groups -OCH3 is 1. The van der Waals surface area contributed by atoms with E-state index in [1.807, 2.05) is 0 Å². The van der Waals surface area contributed by atoms with Crippen LogP contribution in [0.2, 0.25) is 0 Å². The molecule has 106 valence electrons. The summed E-state index contributed by atoms with van der Waals surface area (Å²) in [4.78, 5) is 13.7. The highest BCUT2D eigenvalue weighted by molar-refractivity contribution is 5.79. The van der Waals surface area contributed by atoms with E-state index in [-0.39, 0.29) is 5.92 Å². The topological polar surface area (TPSA) is 61.8 Å². The van der Waals surface area contributed by atoms with Crippen LogP contribution < -0.4 is 5.32 Å². The molecular weight excluding hydrogens is 232 g/mol. The fourth-order valence-electron chi connectivity index (χ4n) is 2.92. The van der Waals surface area contributed by atoms with Crippen molar-refractivity contribution in [2.75, 3.05) is 40.9 Å². The Balaban J connectivity index is 2.47. The largest absolute Gasteiger partial charge is 0.480 e. The first-order valence-electron chi connectivity index (χ1n) is 6.66. The average molecular weight is 258 g/mol. The third kappa shape index (κ3) is 3.43. The maximum absolute atomic E-state index is 11.5. The first-order valence-corrected chi connectivity index (χ1v) is 6.66. The number of carbonyl (C=O) groups is 1. The smallest absolute Gasteiger partial charge is 0.324 e. The Bertz CT molecular complexity index is 273. The highest BCUT2D eigenvalue weighted by atomic mass is 16.5. The summed E-state index contributed by atoms with van der Waals surface area (Å²) in [7, 11) is 5.51. The van der Waals surface area contributed by atoms with Crippen LogP contribution in [0.4, 0.5) is 0 Å². The Morgan fingerprint density at radius 2 is 2.28 bits per heavy atom. The van der Waals surface area contributed by atoms with Gasteiger partial charge in [-0.15, -0.1) is 0 Å². The lowest BCUT2D eigenvalue weighted by Gasteiger charge is -2.32. The second-order valence-corrected chi connectivity index (χ2v) is 5.20. The molecule has 0 aliphatic heterocycles. The number of carboxylic acid groups (broad SMARTS) is 1. The van der Waals surface area contributed by atoms with Gasteiger partial charge >= 0.3 is 5.97 Å². The predicted molar refractivity (Wildman–Crippen MR) is 70.8 cm³/mol. The van der Waals surface area contributed by atoms with Crippen molar-refractivity contribution in [1.82, 2.24) is 10.2 Å². The summed E-state index contributed by atoms with van der Waals surface area (Å²) in [6, 6.07) is 0. The molecule has 1 saturated carbocycles. The summed E-state index contributed by atoms with van der Waals surface area (Å²) >= 11 is 0. The summed E-state index contributed by atoms with van der Waals surface area (Å²) in [6.45, 7) is 2.53. The molecule has 2 atom stereocenters. The van der Waals surface area contributed by atoms with Gasteiger partial charge < -0.3 is 20.1 Å². The van der Waals surface area contributed by atoms with E-state index < -0.39 is 11.5 Å². The molecule has 5 heteroatoms. The van der Waals surface area contributed by atoms with Crippen LogP contribution in [0.5, 0.6) is 0 Å². The monoisotopic (exact) mass is 258 g/mol. The zero-order valence-corrected chi connectivity index (χ0v) is 11.7. The molecule has 1 aliphatic rings. The third-order valence-electron chi connectivity index (χ3n) is 4.18. The van der Waals surface area contributed by atoms with Crippen molar-refractivity contribution in [2.24, 2.45) is 5.92 Å². The van der Waals surface area contributed by atoms with Crippen molar-refractivity contribution in [2.45, 2.75) is 31.2 Å². The van der Waals surface area contributed by atoms with E-state index in [1.165, 1.54) is 0 Å². The highest BCUT2D eigenvalue weighted by Gasteiger charge is 2.47. The van der Waals surface area contributed by atoms with Crippen LogP contribution >= 0.6 is 0 Å². The molecule has 1 aliphatic carbocycles. The maximum Gasteiger partial charge on any atom is 0.324 e. The van der Waals surface area contributed by atoms with Gasteiger partial charge in [0.2, 0.25) is 0 Å². The van der Waals surface area contributed by atoms with Crippen LogP contribution in [0.15, 0.2) is 0 Å². The number of hydrogen-bond donors (Lipinski definition) is 2. The Kier molecular flexibility index (Phi) is 6.05. The van der Waals surface area contributed by atoms with Gasteiger partial charge in [0.1, 0.15) is 5.54 Å². The van der Waals surface area contributed by atoms with Crippen molar-refractivity contribution in [3.63, 3.8) is 0 Å². The number of likely N-dealkylation sites (N-methyl/N-ethyl adjacent to an activating group) is 2. The average Bonchev–Trinajstić information content (AvgIpc) is 2.77. The minimum absolute atomic E-state index is 0.227. The number of hydrogen-bond acceptors (Lipinski definition) is 4. The van der Waals surface area contributed by atoms with Gasteiger partial charge in [-0.1, -0.05) is 6.42 Å². The number of aliphatic carboxylic acids is 1. The zero-order chi connectivity index (χ0) is 13.6. The predicted octanol–water partition coefficient (Wildman–Crippen LogP) is 0.798. The van der Waals surface area contributed by atoms with E-state index in [2.05, 4.69) is 17.3 Å². The van der Waals surface area contributed by atoms with Crippen LogP contribution in [0.3, 0.4) is 0 Å². The van der Waals surface area contributed by atoms with Gasteiger partial charge in [0.15, 0.2) is 0 Å². The van der Waals surface area contributed by atoms with Crippen molar-refractivity contribution in [3.05, 3.63) is 0 Å². The van der Waals surface area contributed by atoms with Gasteiger partial charge in [-0.25, -0.2) is 0 Å². The van der Waals surface area contributed by atoms with E-state index in [0.29, 0.717) is 0 Å². The molecule has 0 saturated heterocycles. The fraction of sp³-hybridized carbons (Fsp3) is 0.923. The highest BCUT2D eigenvalue weighted by Crippen LogP contribution is 2.38. The molecule has 0 radical (unpaired) electrons. The summed E-state index contributed by atoms with van der Waals surface area (Å²) < 4.78 is 5.04. The molecule has 0 aromatic carbocycles. The summed E-state index contributed by atoms with van der Waals surface area (Å²) in [5.41, 5.74) is -0.706. The van der Waals surface area contributed by atoms with Crippen molar-refractivity contribution < 1.29 is 14.6 Å². The Labute approximate surface area is 109 Å². The second kappa shape index (κ2) is 7.07. The van der Waals surface area contributed by atoms with Crippen LogP contribution in [0.1, 0.15) is 25.7 Å². The summed E-state index contributed by atoms with van der Waals surface area (Å²) in [5.74, 6) is -0.475. The molecule has 1 rings (SSSR count). The van der Waals surface area contributed by atoms with Gasteiger partial charge in [0.05, 0.1) is 6.61 Å². The zero-order valence-electron chi connectivity index (χ0n) is 11.7. The molecule has 1 fully saturated rings. The van der Waals surface area contributed by atoms with E-state index in [9.17, 15) is 9.90 Å². The van der Waals surface area contributed by atoms with Gasteiger partial charge in [-0.3, -0.25) is 4.79 Å². The van der Waals surface area contributed by atoms with Crippen LogP contribution in [-0.2, 0) is 9.53 Å². The first-order chi connectivity index (χ1) is 8.56. The Morgan fingerprint density at radius 1 is 1.56 bits per heavy atom. The Morgan fingerprint density at radius 3 is 2.83 bits per heavy atom. The number of carboxylic acids is 1. The van der Waals surface area contributed by atoms with Crippen LogP contribution in [0, 0.1) is 5.92 Å². The molecule has 18 heavy (non-hydrogen) atoms. The minimum atomic E-state index is -0.706. The molecule has 0 aromatic rings. The van der Waals surface area contributed by atoms with Gasteiger partial charge in [0, 0.05) is 13.7 Å². The molecule has 0 spiro atoms. The first kappa shape index (κ1) is 15.4. The molecule has 2 N–H and O–H groups in total. The molecule has 2 unspecified atom stereocenters. The molecular formula is C13H26N2O3. The lowest BCUT2D eigenvalue weighted by molar-refractivity contribution is -0.146. The standard InChI is InChI=1S/C13H26N2O3/c1-14-13(12(16)17)7-4-5-11(13)6-8-15(2)9-10-18-3/h11,14H,4-10H2,1-3H3,(H,16,17). The van der Waals surface area contributed by atoms with Crippen molar-refractivity contribution in [1.29, 1.82) is 0 Å².